The molecule has 4 amide bonds. The lowest BCUT2D eigenvalue weighted by Crippen LogP contribution is -2.60. The number of phenolic OH excluding ortho intramolecular Hbond substituents is 1. The average Bonchev–Trinajstić information content (AvgIpc) is 3.36. The Balaban J connectivity index is 1.27. The largest absolute Gasteiger partial charge is 0.508 e. The number of nitrogens with zero attached hydrogens (tertiary/aromatic N) is 2. The van der Waals surface area contributed by atoms with E-state index in [4.69, 9.17) is 23.2 Å². The van der Waals surface area contributed by atoms with E-state index in [1.165, 1.54) is 19.2 Å². The fraction of sp³-hybridized carbons (Fsp3) is 0.265. The summed E-state index contributed by atoms with van der Waals surface area (Å²) in [6, 6.07) is 21.4. The molecule has 1 N–H and O–H groups in total. The molecule has 3 aromatic carbocycles. The number of allylic oxidation sites excluding steroid dienone is 2. The first kappa shape index (κ1) is 28.5. The number of carbonyl (C=O) groups is 5. The van der Waals surface area contributed by atoms with Crippen LogP contribution in [0.1, 0.15) is 40.2 Å². The van der Waals surface area contributed by atoms with E-state index in [0.29, 0.717) is 28.0 Å². The maximum absolute atomic E-state index is 14.2. The number of phenols is 1. The highest BCUT2D eigenvalue weighted by Gasteiger charge is 2.75. The van der Waals surface area contributed by atoms with Crippen molar-refractivity contribution >= 4 is 58.3 Å². The number of fused-ring (bicyclic) bond motifs is 4. The molecule has 3 aromatic rings. The average molecular weight is 629 g/mol. The number of aromatic hydroxyl groups is 1. The van der Waals surface area contributed by atoms with Crippen LogP contribution in [0.3, 0.4) is 0 Å². The molecule has 8 nitrogen and oxygen atoms in total. The van der Waals surface area contributed by atoms with Crippen LogP contribution in [0.15, 0.2) is 90.5 Å². The molecule has 0 spiro atoms. The summed E-state index contributed by atoms with van der Waals surface area (Å²) in [6.07, 6.45) is 1.94. The topological polar surface area (TPSA) is 112 Å². The van der Waals surface area contributed by atoms with Gasteiger partial charge in [-0.15, -0.1) is 23.2 Å². The van der Waals surface area contributed by atoms with E-state index in [9.17, 15) is 29.1 Å². The normalized spacial score (nSPS) is 31.0. The van der Waals surface area contributed by atoms with Crippen LogP contribution in [-0.4, -0.2) is 56.2 Å². The number of likely N-dealkylation sites (tertiary alicyclic amines) is 1. The van der Waals surface area contributed by atoms with Crippen molar-refractivity contribution in [1.82, 2.24) is 4.90 Å². The molecule has 0 aromatic heterocycles. The third kappa shape index (κ3) is 3.74. The predicted molar refractivity (Wildman–Crippen MR) is 162 cm³/mol. The molecule has 44 heavy (non-hydrogen) atoms. The van der Waals surface area contributed by atoms with Crippen LogP contribution >= 0.6 is 23.2 Å². The van der Waals surface area contributed by atoms with Crippen LogP contribution in [-0.2, 0) is 19.2 Å². The second-order valence-electron chi connectivity index (χ2n) is 11.8. The Morgan fingerprint density at radius 2 is 1.52 bits per heavy atom. The number of carbonyl (C=O) groups excluding carboxylic acids is 5. The van der Waals surface area contributed by atoms with E-state index in [1.54, 1.807) is 60.7 Å². The SMILES string of the molecule is CN1C(=O)C2(Cl)CC3C(=CCC4C(=O)N(c5ccc(C(=O)c6ccccc6)cc5)C(=O)C43)C(c3cccc(O)c3)C2(Cl)C1=O. The van der Waals surface area contributed by atoms with Crippen LogP contribution in [0.2, 0.25) is 0 Å². The van der Waals surface area contributed by atoms with Gasteiger partial charge < -0.3 is 5.11 Å². The molecular formula is C34H26Cl2N2O6. The predicted octanol–water partition coefficient (Wildman–Crippen LogP) is 4.82. The summed E-state index contributed by atoms with van der Waals surface area (Å²) < 4.78 is 0. The number of hydrogen-bond donors (Lipinski definition) is 1. The molecule has 7 rings (SSSR count). The van der Waals surface area contributed by atoms with Gasteiger partial charge in [-0.05, 0) is 60.7 Å². The molecule has 2 aliphatic heterocycles. The fourth-order valence-electron chi connectivity index (χ4n) is 7.59. The second-order valence-corrected chi connectivity index (χ2v) is 13.1. The molecule has 2 saturated heterocycles. The number of hydrogen-bond acceptors (Lipinski definition) is 6. The Hall–Kier alpha value is -4.27. The van der Waals surface area contributed by atoms with E-state index in [2.05, 4.69) is 0 Å². The van der Waals surface area contributed by atoms with Crippen LogP contribution < -0.4 is 4.90 Å². The van der Waals surface area contributed by atoms with Crippen LogP contribution in [0, 0.1) is 17.8 Å². The lowest BCUT2D eigenvalue weighted by Gasteiger charge is -2.50. The molecule has 6 atom stereocenters. The summed E-state index contributed by atoms with van der Waals surface area (Å²) in [5.41, 5.74) is 2.39. The monoisotopic (exact) mass is 628 g/mol. The number of anilines is 1. The Labute approximate surface area is 262 Å². The summed E-state index contributed by atoms with van der Waals surface area (Å²) >= 11 is 14.3. The van der Waals surface area contributed by atoms with Gasteiger partial charge in [0.05, 0.1) is 17.5 Å². The Kier molecular flexibility index (Phi) is 6.39. The summed E-state index contributed by atoms with van der Waals surface area (Å²) in [7, 11) is 1.33. The summed E-state index contributed by atoms with van der Waals surface area (Å²) in [5.74, 6) is -5.56. The quantitative estimate of drug-likeness (QED) is 0.192. The Morgan fingerprint density at radius 1 is 0.841 bits per heavy atom. The third-order valence-electron chi connectivity index (χ3n) is 9.64. The number of alkyl halides is 2. The Morgan fingerprint density at radius 3 is 2.20 bits per heavy atom. The molecule has 2 aliphatic carbocycles. The van der Waals surface area contributed by atoms with Gasteiger partial charge in [0.2, 0.25) is 11.8 Å². The molecule has 3 fully saturated rings. The first-order valence-electron chi connectivity index (χ1n) is 14.3. The van der Waals surface area contributed by atoms with Crippen molar-refractivity contribution < 1.29 is 29.1 Å². The van der Waals surface area contributed by atoms with Crippen molar-refractivity contribution in [1.29, 1.82) is 0 Å². The first-order valence-corrected chi connectivity index (χ1v) is 15.0. The van der Waals surface area contributed by atoms with E-state index >= 15 is 0 Å². The van der Waals surface area contributed by atoms with Crippen molar-refractivity contribution in [3.63, 3.8) is 0 Å². The second kappa shape index (κ2) is 9.87. The third-order valence-corrected chi connectivity index (χ3v) is 11.1. The van der Waals surface area contributed by atoms with Gasteiger partial charge in [0.15, 0.2) is 15.5 Å². The van der Waals surface area contributed by atoms with E-state index in [0.717, 1.165) is 9.80 Å². The lowest BCUT2D eigenvalue weighted by atomic mass is 9.56. The van der Waals surface area contributed by atoms with Crippen LogP contribution in [0.25, 0.3) is 0 Å². The molecular weight excluding hydrogens is 603 g/mol. The molecule has 0 bridgehead atoms. The number of ketones is 1. The fourth-order valence-corrected chi connectivity index (χ4v) is 8.61. The zero-order chi connectivity index (χ0) is 31.1. The molecule has 10 heteroatoms. The minimum Gasteiger partial charge on any atom is -0.508 e. The van der Waals surface area contributed by atoms with Crippen LogP contribution in [0.4, 0.5) is 5.69 Å². The maximum atomic E-state index is 14.2. The molecule has 222 valence electrons. The van der Waals surface area contributed by atoms with Gasteiger partial charge in [0.1, 0.15) is 5.75 Å². The van der Waals surface area contributed by atoms with Crippen molar-refractivity contribution in [2.75, 3.05) is 11.9 Å². The number of benzene rings is 3. The van der Waals surface area contributed by atoms with Gasteiger partial charge in [-0.1, -0.05) is 54.1 Å². The highest BCUT2D eigenvalue weighted by atomic mass is 35.5. The van der Waals surface area contributed by atoms with E-state index < -0.39 is 51.1 Å². The highest BCUT2D eigenvalue weighted by Crippen LogP contribution is 2.65. The van der Waals surface area contributed by atoms with Crippen molar-refractivity contribution in [2.45, 2.75) is 28.5 Å². The van der Waals surface area contributed by atoms with Gasteiger partial charge >= 0.3 is 0 Å². The number of amides is 4. The van der Waals surface area contributed by atoms with Gasteiger partial charge in [0, 0.05) is 24.1 Å². The minimum absolute atomic E-state index is 0.0584. The molecule has 4 aliphatic rings. The van der Waals surface area contributed by atoms with E-state index in [1.807, 2.05) is 12.1 Å². The van der Waals surface area contributed by atoms with Crippen molar-refractivity contribution in [3.8, 4) is 5.75 Å². The van der Waals surface area contributed by atoms with Crippen molar-refractivity contribution in [2.24, 2.45) is 17.8 Å². The van der Waals surface area contributed by atoms with E-state index in [-0.39, 0.29) is 30.3 Å². The Bertz CT molecular complexity index is 1810. The molecule has 6 unspecified atom stereocenters. The minimum atomic E-state index is -1.91. The zero-order valence-electron chi connectivity index (χ0n) is 23.4. The number of halogens is 2. The summed E-state index contributed by atoms with van der Waals surface area (Å²) in [6.45, 7) is 0. The molecule has 2 heterocycles. The standard InChI is InChI=1S/C34H26Cl2N2O6/c1-37-31(43)33(35)17-25-23(27(34(33,36)32(37)44)20-8-5-9-22(39)16-20)14-15-24-26(25)30(42)38(29(24)41)21-12-10-19(11-13-21)28(40)18-6-3-2-4-7-18/h2-14,16,24-27,39H,15,17H2,1H3. The van der Waals surface area contributed by atoms with Gasteiger partial charge in [-0.3, -0.25) is 33.8 Å². The van der Waals surface area contributed by atoms with Gasteiger partial charge in [0.25, 0.3) is 11.8 Å². The lowest BCUT2D eigenvalue weighted by molar-refractivity contribution is -0.138. The highest BCUT2D eigenvalue weighted by molar-refractivity contribution is 6.53. The number of imide groups is 2. The molecule has 0 radical (unpaired) electrons. The summed E-state index contributed by atoms with van der Waals surface area (Å²) in [5, 5.41) is 10.3. The first-order chi connectivity index (χ1) is 21.0. The van der Waals surface area contributed by atoms with Crippen LogP contribution in [0.5, 0.6) is 5.75 Å². The summed E-state index contributed by atoms with van der Waals surface area (Å²) in [4.78, 5) is 66.3. The zero-order valence-corrected chi connectivity index (χ0v) is 25.0. The molecule has 1 saturated carbocycles. The van der Waals surface area contributed by atoms with Crippen molar-refractivity contribution in [3.05, 3.63) is 107 Å². The smallest absolute Gasteiger partial charge is 0.253 e. The van der Waals surface area contributed by atoms with Gasteiger partial charge in [-0.25, -0.2) is 0 Å². The van der Waals surface area contributed by atoms with Gasteiger partial charge in [-0.2, -0.15) is 0 Å². The number of rotatable bonds is 4. The maximum Gasteiger partial charge on any atom is 0.253 e.